The second-order valence-corrected chi connectivity index (χ2v) is 17.0. The van der Waals surface area contributed by atoms with Gasteiger partial charge in [0.25, 0.3) is 0 Å². The van der Waals surface area contributed by atoms with Gasteiger partial charge in [-0.25, -0.2) is 0 Å². The molecule has 0 saturated heterocycles. The van der Waals surface area contributed by atoms with Crippen LogP contribution in [0.2, 0.25) is 0 Å². The number of hydrogen-bond acceptors (Lipinski definition) is 5. The molecule has 348 valence electrons. The summed E-state index contributed by atoms with van der Waals surface area (Å²) in [5.41, 5.74) is 0. The monoisotopic (exact) mass is 839 g/mol. The molecule has 5 nitrogen and oxygen atoms in total. The molecule has 1 atom stereocenters. The molecule has 5 heteroatoms. The Balaban J connectivity index is 4.27. The van der Waals surface area contributed by atoms with Gasteiger partial charge in [-0.3, -0.25) is 9.59 Å². The van der Waals surface area contributed by atoms with Crippen molar-refractivity contribution in [1.82, 2.24) is 0 Å². The van der Waals surface area contributed by atoms with Crippen molar-refractivity contribution < 1.29 is 23.8 Å². The second kappa shape index (κ2) is 51.0. The summed E-state index contributed by atoms with van der Waals surface area (Å²) in [5.74, 6) is -0.366. The highest BCUT2D eigenvalue weighted by Gasteiger charge is 2.16. The lowest BCUT2D eigenvalue weighted by molar-refractivity contribution is -0.155. The average molecular weight is 839 g/mol. The third-order valence-electron chi connectivity index (χ3n) is 11.1. The number of esters is 2. The van der Waals surface area contributed by atoms with Crippen molar-refractivity contribution in [3.63, 3.8) is 0 Å². The van der Waals surface area contributed by atoms with Crippen LogP contribution < -0.4 is 0 Å². The van der Waals surface area contributed by atoms with Gasteiger partial charge in [-0.2, -0.15) is 0 Å². The molecule has 0 spiro atoms. The number of carbonyl (C=O) groups is 2. The Kier molecular flexibility index (Phi) is 48.9. The minimum absolute atomic E-state index is 0.143. The van der Waals surface area contributed by atoms with E-state index in [-0.39, 0.29) is 25.2 Å². The van der Waals surface area contributed by atoms with Gasteiger partial charge >= 0.3 is 11.9 Å². The summed E-state index contributed by atoms with van der Waals surface area (Å²) < 4.78 is 17.4. The van der Waals surface area contributed by atoms with Gasteiger partial charge in [0.2, 0.25) is 0 Å². The van der Waals surface area contributed by atoms with E-state index in [9.17, 15) is 9.59 Å². The van der Waals surface area contributed by atoms with Crippen LogP contribution in [-0.2, 0) is 23.8 Å². The first-order chi connectivity index (χ1) is 29.6. The highest BCUT2D eigenvalue weighted by Crippen LogP contribution is 2.15. The number of unbranched alkanes of at least 4 members (excludes halogenated alkanes) is 26. The van der Waals surface area contributed by atoms with E-state index in [1.54, 1.807) is 0 Å². The topological polar surface area (TPSA) is 61.8 Å². The van der Waals surface area contributed by atoms with Crippen LogP contribution in [0.15, 0.2) is 60.8 Å². The molecule has 0 aromatic rings. The summed E-state index contributed by atoms with van der Waals surface area (Å²) in [4.78, 5) is 25.2. The molecule has 0 radical (unpaired) electrons. The Morgan fingerprint density at radius 3 is 1.13 bits per heavy atom. The molecule has 0 amide bonds. The van der Waals surface area contributed by atoms with E-state index in [1.165, 1.54) is 122 Å². The molecule has 0 aliphatic carbocycles. The number of carbonyl (C=O) groups excluding carboxylic acids is 2. The minimum atomic E-state index is -0.411. The predicted molar refractivity (Wildman–Crippen MR) is 261 cm³/mol. The van der Waals surface area contributed by atoms with Gasteiger partial charge in [-0.05, 0) is 77.0 Å². The van der Waals surface area contributed by atoms with Crippen LogP contribution in [0.3, 0.4) is 0 Å². The van der Waals surface area contributed by atoms with Crippen LogP contribution in [0.25, 0.3) is 0 Å². The third kappa shape index (κ3) is 48.3. The van der Waals surface area contributed by atoms with Crippen molar-refractivity contribution in [2.45, 2.75) is 258 Å². The van der Waals surface area contributed by atoms with Crippen LogP contribution in [0.5, 0.6) is 0 Å². The number of hydrogen-bond donors (Lipinski definition) is 0. The zero-order chi connectivity index (χ0) is 43.5. The van der Waals surface area contributed by atoms with Crippen molar-refractivity contribution in [3.05, 3.63) is 60.8 Å². The number of ether oxygens (including phenoxy) is 3. The van der Waals surface area contributed by atoms with E-state index >= 15 is 0 Å². The molecule has 0 aromatic heterocycles. The summed E-state index contributed by atoms with van der Waals surface area (Å²) >= 11 is 0. The summed E-state index contributed by atoms with van der Waals surface area (Å²) in [7, 11) is 0. The largest absolute Gasteiger partial charge is 0.463 e. The van der Waals surface area contributed by atoms with Crippen LogP contribution in [0.4, 0.5) is 0 Å². The van der Waals surface area contributed by atoms with Gasteiger partial charge in [-0.1, -0.05) is 223 Å². The highest BCUT2D eigenvalue weighted by atomic mass is 16.6. The van der Waals surface area contributed by atoms with Crippen LogP contribution in [-0.4, -0.2) is 37.9 Å². The van der Waals surface area contributed by atoms with Gasteiger partial charge in [-0.15, -0.1) is 0 Å². The molecule has 0 aliphatic rings. The summed E-state index contributed by atoms with van der Waals surface area (Å²) in [6.45, 7) is 7.57. The third-order valence-corrected chi connectivity index (χ3v) is 11.1. The molecule has 0 fully saturated rings. The van der Waals surface area contributed by atoms with E-state index in [1.807, 2.05) is 0 Å². The van der Waals surface area contributed by atoms with Gasteiger partial charge < -0.3 is 14.2 Å². The highest BCUT2D eigenvalue weighted by molar-refractivity contribution is 5.69. The lowest BCUT2D eigenvalue weighted by Gasteiger charge is -2.18. The minimum Gasteiger partial charge on any atom is -0.463 e. The maximum atomic E-state index is 12.6. The Hall–Kier alpha value is -2.40. The smallest absolute Gasteiger partial charge is 0.305 e. The molecule has 0 aromatic carbocycles. The van der Waals surface area contributed by atoms with E-state index in [2.05, 4.69) is 81.5 Å². The average Bonchev–Trinajstić information content (AvgIpc) is 3.25. The first kappa shape index (κ1) is 57.6. The number of allylic oxidation sites excluding steroid dienone is 10. The second-order valence-electron chi connectivity index (χ2n) is 17.0. The normalized spacial score (nSPS) is 12.7. The van der Waals surface area contributed by atoms with Crippen molar-refractivity contribution in [2.75, 3.05) is 19.8 Å². The molecule has 0 bridgehead atoms. The van der Waals surface area contributed by atoms with E-state index < -0.39 is 6.10 Å². The van der Waals surface area contributed by atoms with Crippen LogP contribution in [0, 0.1) is 0 Å². The molecule has 0 rings (SSSR count). The zero-order valence-corrected chi connectivity index (χ0v) is 40.0. The van der Waals surface area contributed by atoms with Crippen molar-refractivity contribution in [1.29, 1.82) is 0 Å². The predicted octanol–water partition coefficient (Wildman–Crippen LogP) is 17.3. The Morgan fingerprint density at radius 2 is 0.700 bits per heavy atom. The van der Waals surface area contributed by atoms with Crippen molar-refractivity contribution >= 4 is 11.9 Å². The maximum absolute atomic E-state index is 12.6. The maximum Gasteiger partial charge on any atom is 0.305 e. The molecule has 0 unspecified atom stereocenters. The first-order valence-electron chi connectivity index (χ1n) is 25.8. The fourth-order valence-corrected chi connectivity index (χ4v) is 7.16. The molecule has 0 saturated carbocycles. The quantitative estimate of drug-likeness (QED) is 0.0347. The van der Waals surface area contributed by atoms with Gasteiger partial charge in [0.15, 0.2) is 0 Å². The molecular weight excluding hydrogens is 741 g/mol. The van der Waals surface area contributed by atoms with Crippen molar-refractivity contribution in [2.24, 2.45) is 0 Å². The van der Waals surface area contributed by atoms with Gasteiger partial charge in [0.1, 0.15) is 19.3 Å². The molecule has 60 heavy (non-hydrogen) atoms. The zero-order valence-electron chi connectivity index (χ0n) is 40.0. The SMILES string of the molecule is CC/C=C\C/C=C\C/C=C\C/C=C\CCCCCCC(=O)OC[C@H](COC(=O)CCCCCCC/C=C\CCCC)OCCCCCCCCCCCCCCCCCC. The van der Waals surface area contributed by atoms with E-state index in [0.717, 1.165) is 96.3 Å². The van der Waals surface area contributed by atoms with Crippen molar-refractivity contribution in [3.8, 4) is 0 Å². The lowest BCUT2D eigenvalue weighted by Crippen LogP contribution is -2.29. The molecule has 0 aliphatic heterocycles. The summed E-state index contributed by atoms with van der Waals surface area (Å²) in [5, 5.41) is 0. The Morgan fingerprint density at radius 1 is 0.367 bits per heavy atom. The van der Waals surface area contributed by atoms with Gasteiger partial charge in [0, 0.05) is 19.4 Å². The van der Waals surface area contributed by atoms with Gasteiger partial charge in [0.05, 0.1) is 0 Å². The van der Waals surface area contributed by atoms with E-state index in [4.69, 9.17) is 14.2 Å². The Bertz CT molecular complexity index is 1040. The van der Waals surface area contributed by atoms with E-state index in [0.29, 0.717) is 19.4 Å². The molecule has 0 heterocycles. The summed E-state index contributed by atoms with van der Waals surface area (Å²) in [6, 6.07) is 0. The van der Waals surface area contributed by atoms with Crippen LogP contribution >= 0.6 is 0 Å². The molecular formula is C55H98O5. The lowest BCUT2D eigenvalue weighted by atomic mass is 10.0. The fraction of sp³-hybridized carbons (Fsp3) is 0.782. The number of rotatable bonds is 47. The first-order valence-corrected chi connectivity index (χ1v) is 25.8. The van der Waals surface area contributed by atoms with Crippen LogP contribution in [0.1, 0.15) is 252 Å². The Labute approximate surface area is 373 Å². The fourth-order valence-electron chi connectivity index (χ4n) is 7.16. The molecule has 0 N–H and O–H groups in total. The summed E-state index contributed by atoms with van der Waals surface area (Å²) in [6.07, 6.45) is 63.9. The standard InChI is InChI=1S/C55H98O5/c1-4-7-10-13-16-19-22-24-26-28-29-31-34-37-40-43-46-49-55(57)60-52-53(51-59-54(56)48-45-42-39-36-33-21-18-15-12-9-6-3)58-50-47-44-41-38-35-32-30-27-25-23-20-17-14-11-8-5-2/h7,10,15-16,18-19,24,26,29,31,53H,4-6,8-9,11-14,17,20-23,25,27-28,30,32-52H2,1-3H3/b10-7-,18-15-,19-16-,26-24-,31-29-/t53-/m0/s1.